The zero-order valence-electron chi connectivity index (χ0n) is 11.5. The number of carbonyl (C=O) groups is 2. The number of rotatable bonds is 3. The number of hydrogen-bond donors (Lipinski definition) is 1. The Kier molecular flexibility index (Phi) is 3.70. The summed E-state index contributed by atoms with van der Waals surface area (Å²) in [6.07, 6.45) is 3.01. The highest BCUT2D eigenvalue weighted by Gasteiger charge is 2.17. The monoisotopic (exact) mass is 297 g/mol. The Morgan fingerprint density at radius 2 is 1.95 bits per heavy atom. The van der Waals surface area contributed by atoms with Gasteiger partial charge in [0.25, 0.3) is 5.91 Å². The summed E-state index contributed by atoms with van der Waals surface area (Å²) >= 11 is 0. The van der Waals surface area contributed by atoms with E-state index in [0.717, 1.165) is 5.56 Å². The van der Waals surface area contributed by atoms with Crippen molar-refractivity contribution in [2.75, 3.05) is 11.9 Å². The van der Waals surface area contributed by atoms with Crippen LogP contribution < -0.4 is 10.1 Å². The molecule has 1 heterocycles. The van der Waals surface area contributed by atoms with Crippen LogP contribution in [0.25, 0.3) is 6.08 Å². The second-order valence-electron chi connectivity index (χ2n) is 4.80. The van der Waals surface area contributed by atoms with Gasteiger partial charge in [-0.1, -0.05) is 18.2 Å². The van der Waals surface area contributed by atoms with Crippen LogP contribution in [-0.4, -0.2) is 18.3 Å². The molecule has 0 unspecified atom stereocenters. The fourth-order valence-corrected chi connectivity index (χ4v) is 2.08. The molecule has 0 saturated heterocycles. The highest BCUT2D eigenvalue weighted by Crippen LogP contribution is 2.28. The van der Waals surface area contributed by atoms with Crippen LogP contribution in [0.1, 0.15) is 15.9 Å². The lowest BCUT2D eigenvalue weighted by molar-refractivity contribution is -0.118. The molecule has 22 heavy (non-hydrogen) atoms. The van der Waals surface area contributed by atoms with E-state index in [1.54, 1.807) is 36.4 Å². The first-order valence-corrected chi connectivity index (χ1v) is 6.66. The molecule has 0 bridgehead atoms. The minimum Gasteiger partial charge on any atom is -0.482 e. The van der Waals surface area contributed by atoms with Gasteiger partial charge in [0.05, 0.1) is 5.69 Å². The number of carbonyl (C=O) groups excluding carboxylic acids is 2. The molecule has 0 radical (unpaired) electrons. The molecular formula is C17H12FNO3. The molecule has 2 aromatic rings. The Balaban J connectivity index is 1.79. The van der Waals surface area contributed by atoms with E-state index in [4.69, 9.17) is 4.74 Å². The topological polar surface area (TPSA) is 55.4 Å². The van der Waals surface area contributed by atoms with E-state index in [0.29, 0.717) is 17.0 Å². The van der Waals surface area contributed by atoms with Crippen molar-refractivity contribution >= 4 is 23.5 Å². The minimum absolute atomic E-state index is 0.0231. The summed E-state index contributed by atoms with van der Waals surface area (Å²) in [6, 6.07) is 10.7. The van der Waals surface area contributed by atoms with Crippen molar-refractivity contribution in [1.82, 2.24) is 0 Å². The number of amides is 1. The molecule has 0 aliphatic carbocycles. The van der Waals surface area contributed by atoms with E-state index in [1.807, 2.05) is 0 Å². The maximum atomic E-state index is 12.8. The number of hydrogen-bond acceptors (Lipinski definition) is 3. The first kappa shape index (κ1) is 14.0. The minimum atomic E-state index is -0.325. The van der Waals surface area contributed by atoms with Gasteiger partial charge in [0, 0.05) is 5.56 Å². The van der Waals surface area contributed by atoms with Gasteiger partial charge in [-0.3, -0.25) is 9.59 Å². The first-order valence-electron chi connectivity index (χ1n) is 6.66. The van der Waals surface area contributed by atoms with Crippen molar-refractivity contribution in [3.05, 3.63) is 65.5 Å². The third-order valence-corrected chi connectivity index (χ3v) is 3.19. The van der Waals surface area contributed by atoms with Crippen molar-refractivity contribution in [1.29, 1.82) is 0 Å². The highest BCUT2D eigenvalue weighted by molar-refractivity contribution is 6.08. The summed E-state index contributed by atoms with van der Waals surface area (Å²) in [5, 5.41) is 2.65. The molecule has 0 spiro atoms. The number of nitrogens with one attached hydrogen (secondary N) is 1. The number of allylic oxidation sites excluding steroid dienone is 1. The quantitative estimate of drug-likeness (QED) is 0.700. The molecular weight excluding hydrogens is 285 g/mol. The lowest BCUT2D eigenvalue weighted by Crippen LogP contribution is -2.25. The molecule has 110 valence electrons. The fourth-order valence-electron chi connectivity index (χ4n) is 2.08. The van der Waals surface area contributed by atoms with Crippen LogP contribution in [0.5, 0.6) is 5.75 Å². The number of benzene rings is 2. The van der Waals surface area contributed by atoms with Crippen LogP contribution in [-0.2, 0) is 4.79 Å². The van der Waals surface area contributed by atoms with Crippen LogP contribution in [0.2, 0.25) is 0 Å². The van der Waals surface area contributed by atoms with Gasteiger partial charge < -0.3 is 10.1 Å². The van der Waals surface area contributed by atoms with Crippen molar-refractivity contribution in [2.45, 2.75) is 0 Å². The van der Waals surface area contributed by atoms with Crippen LogP contribution >= 0.6 is 0 Å². The molecule has 0 fully saturated rings. The van der Waals surface area contributed by atoms with E-state index >= 15 is 0 Å². The van der Waals surface area contributed by atoms with E-state index in [-0.39, 0.29) is 24.1 Å². The summed E-state index contributed by atoms with van der Waals surface area (Å²) in [5.74, 6) is -0.251. The van der Waals surface area contributed by atoms with Crippen molar-refractivity contribution < 1.29 is 18.7 Å². The molecule has 1 aliphatic heterocycles. The number of halogens is 1. The average Bonchev–Trinajstić information content (AvgIpc) is 2.53. The van der Waals surface area contributed by atoms with E-state index in [2.05, 4.69) is 5.32 Å². The van der Waals surface area contributed by atoms with Crippen LogP contribution in [0.15, 0.2) is 48.5 Å². The lowest BCUT2D eigenvalue weighted by atomic mass is 10.1. The average molecular weight is 297 g/mol. The number of anilines is 1. The van der Waals surface area contributed by atoms with Crippen molar-refractivity contribution in [2.24, 2.45) is 0 Å². The Labute approximate surface area is 126 Å². The maximum absolute atomic E-state index is 12.8. The second kappa shape index (κ2) is 5.81. The summed E-state index contributed by atoms with van der Waals surface area (Å²) in [7, 11) is 0. The SMILES string of the molecule is O=C1COc2ccc(C(=O)/C=C/c3ccc(F)cc3)cc2N1. The van der Waals surface area contributed by atoms with Gasteiger partial charge in [-0.15, -0.1) is 0 Å². The van der Waals surface area contributed by atoms with E-state index in [1.165, 1.54) is 18.2 Å². The van der Waals surface area contributed by atoms with Crippen LogP contribution in [0, 0.1) is 5.82 Å². The molecule has 2 aromatic carbocycles. The standard InChI is InChI=1S/C17H12FNO3/c18-13-5-1-11(2-6-13)3-7-15(20)12-4-8-16-14(9-12)19-17(21)10-22-16/h1-9H,10H2,(H,19,21)/b7-3+. The number of fused-ring (bicyclic) bond motifs is 1. The Hall–Kier alpha value is -2.95. The van der Waals surface area contributed by atoms with E-state index in [9.17, 15) is 14.0 Å². The summed E-state index contributed by atoms with van der Waals surface area (Å²) < 4.78 is 18.0. The largest absolute Gasteiger partial charge is 0.482 e. The third-order valence-electron chi connectivity index (χ3n) is 3.19. The Morgan fingerprint density at radius 1 is 1.18 bits per heavy atom. The summed E-state index contributed by atoms with van der Waals surface area (Å²) in [4.78, 5) is 23.4. The molecule has 1 amide bonds. The molecule has 1 N–H and O–H groups in total. The Bertz CT molecular complexity index is 766. The first-order chi connectivity index (χ1) is 10.6. The lowest BCUT2D eigenvalue weighted by Gasteiger charge is -2.17. The van der Waals surface area contributed by atoms with Gasteiger partial charge in [0.15, 0.2) is 12.4 Å². The molecule has 1 aliphatic rings. The second-order valence-corrected chi connectivity index (χ2v) is 4.80. The zero-order valence-corrected chi connectivity index (χ0v) is 11.5. The zero-order chi connectivity index (χ0) is 15.5. The molecule has 5 heteroatoms. The third kappa shape index (κ3) is 3.03. The normalized spacial score (nSPS) is 13.4. The smallest absolute Gasteiger partial charge is 0.262 e. The predicted octanol–water partition coefficient (Wildman–Crippen LogP) is 3.05. The van der Waals surface area contributed by atoms with Gasteiger partial charge in [0.2, 0.25) is 0 Å². The van der Waals surface area contributed by atoms with Gasteiger partial charge in [-0.25, -0.2) is 4.39 Å². The summed E-state index contributed by atoms with van der Waals surface area (Å²) in [6.45, 7) is -0.0231. The summed E-state index contributed by atoms with van der Waals surface area (Å²) in [5.41, 5.74) is 1.64. The molecule has 0 atom stereocenters. The van der Waals surface area contributed by atoms with Gasteiger partial charge in [-0.2, -0.15) is 0 Å². The van der Waals surface area contributed by atoms with Crippen LogP contribution in [0.3, 0.4) is 0 Å². The maximum Gasteiger partial charge on any atom is 0.262 e. The van der Waals surface area contributed by atoms with Crippen molar-refractivity contribution in [3.8, 4) is 5.75 Å². The molecule has 4 nitrogen and oxygen atoms in total. The number of ether oxygens (including phenoxy) is 1. The molecule has 0 aromatic heterocycles. The molecule has 0 saturated carbocycles. The van der Waals surface area contributed by atoms with Crippen LogP contribution in [0.4, 0.5) is 10.1 Å². The Morgan fingerprint density at radius 3 is 2.73 bits per heavy atom. The fraction of sp³-hybridized carbons (Fsp3) is 0.0588. The predicted molar refractivity (Wildman–Crippen MR) is 80.3 cm³/mol. The molecule has 3 rings (SSSR count). The van der Waals surface area contributed by atoms with Gasteiger partial charge in [-0.05, 0) is 42.0 Å². The van der Waals surface area contributed by atoms with E-state index < -0.39 is 0 Å². The van der Waals surface area contributed by atoms with Gasteiger partial charge >= 0.3 is 0 Å². The number of ketones is 1. The van der Waals surface area contributed by atoms with Crippen molar-refractivity contribution in [3.63, 3.8) is 0 Å². The van der Waals surface area contributed by atoms with Gasteiger partial charge in [0.1, 0.15) is 11.6 Å². The highest BCUT2D eigenvalue weighted by atomic mass is 19.1.